The largest absolute Gasteiger partial charge is 0.330 e. The third kappa shape index (κ3) is 2.46. The van der Waals surface area contributed by atoms with Crippen LogP contribution >= 0.6 is 15.9 Å². The first-order chi connectivity index (χ1) is 7.29. The van der Waals surface area contributed by atoms with Gasteiger partial charge in [0.05, 0.1) is 11.4 Å². The molecule has 0 bridgehead atoms. The molecule has 15 heavy (non-hydrogen) atoms. The third-order valence-electron chi connectivity index (χ3n) is 2.12. The number of benzene rings is 1. The van der Waals surface area contributed by atoms with Crippen LogP contribution in [0.4, 0.5) is 0 Å². The van der Waals surface area contributed by atoms with E-state index >= 15 is 0 Å². The minimum atomic E-state index is 0.634. The molecule has 2 aromatic rings. The van der Waals surface area contributed by atoms with Crippen LogP contribution in [0.15, 0.2) is 41.0 Å². The standard InChI is InChI=1S/C11H12BrN3/c12-9-2-1-3-11(8-9)15-7-5-10(14-15)4-6-13/h1-3,5,7-8H,4,6,13H2. The molecular weight excluding hydrogens is 254 g/mol. The highest BCUT2D eigenvalue weighted by Gasteiger charge is 2.00. The Hall–Kier alpha value is -1.13. The average molecular weight is 266 g/mol. The molecule has 0 unspecified atom stereocenters. The van der Waals surface area contributed by atoms with Crippen molar-refractivity contribution in [3.05, 3.63) is 46.7 Å². The molecule has 0 aliphatic carbocycles. The second-order valence-corrected chi connectivity index (χ2v) is 4.19. The van der Waals surface area contributed by atoms with E-state index in [0.717, 1.165) is 22.3 Å². The lowest BCUT2D eigenvalue weighted by Gasteiger charge is -2.01. The number of nitrogens with two attached hydrogens (primary N) is 1. The molecule has 0 spiro atoms. The fraction of sp³-hybridized carbons (Fsp3) is 0.182. The molecule has 0 radical (unpaired) electrons. The van der Waals surface area contributed by atoms with Crippen LogP contribution in [-0.4, -0.2) is 16.3 Å². The SMILES string of the molecule is NCCc1ccn(-c2cccc(Br)c2)n1. The summed E-state index contributed by atoms with van der Waals surface area (Å²) in [5.41, 5.74) is 7.55. The summed E-state index contributed by atoms with van der Waals surface area (Å²) in [5, 5.41) is 4.43. The number of aromatic nitrogens is 2. The van der Waals surface area contributed by atoms with E-state index in [1.165, 1.54) is 0 Å². The summed E-state index contributed by atoms with van der Waals surface area (Å²) in [6, 6.07) is 10.0. The molecule has 78 valence electrons. The molecule has 1 aromatic carbocycles. The van der Waals surface area contributed by atoms with Gasteiger partial charge in [0.2, 0.25) is 0 Å². The number of halogens is 1. The van der Waals surface area contributed by atoms with Crippen LogP contribution in [-0.2, 0) is 6.42 Å². The molecule has 3 nitrogen and oxygen atoms in total. The normalized spacial score (nSPS) is 10.5. The molecule has 0 saturated heterocycles. The predicted octanol–water partition coefficient (Wildman–Crippen LogP) is 2.14. The summed E-state index contributed by atoms with van der Waals surface area (Å²) in [6.45, 7) is 0.634. The zero-order chi connectivity index (χ0) is 10.7. The van der Waals surface area contributed by atoms with E-state index in [2.05, 4.69) is 21.0 Å². The highest BCUT2D eigenvalue weighted by atomic mass is 79.9. The maximum absolute atomic E-state index is 5.48. The molecular formula is C11H12BrN3. The highest BCUT2D eigenvalue weighted by molar-refractivity contribution is 9.10. The smallest absolute Gasteiger partial charge is 0.0656 e. The summed E-state index contributed by atoms with van der Waals surface area (Å²) in [4.78, 5) is 0. The van der Waals surface area contributed by atoms with Crippen LogP contribution in [0.1, 0.15) is 5.69 Å². The summed E-state index contributed by atoms with van der Waals surface area (Å²) in [6.07, 6.45) is 2.77. The molecule has 2 N–H and O–H groups in total. The van der Waals surface area contributed by atoms with Gasteiger partial charge in [-0.1, -0.05) is 22.0 Å². The van der Waals surface area contributed by atoms with Gasteiger partial charge in [-0.15, -0.1) is 0 Å². The zero-order valence-corrected chi connectivity index (χ0v) is 9.81. The van der Waals surface area contributed by atoms with Crippen molar-refractivity contribution in [1.82, 2.24) is 9.78 Å². The molecule has 0 amide bonds. The van der Waals surface area contributed by atoms with Crippen molar-refractivity contribution in [2.75, 3.05) is 6.54 Å². The lowest BCUT2D eigenvalue weighted by Crippen LogP contribution is -2.04. The monoisotopic (exact) mass is 265 g/mol. The molecule has 0 fully saturated rings. The summed E-state index contributed by atoms with van der Waals surface area (Å²) in [7, 11) is 0. The van der Waals surface area contributed by atoms with Crippen molar-refractivity contribution >= 4 is 15.9 Å². The maximum Gasteiger partial charge on any atom is 0.0656 e. The van der Waals surface area contributed by atoms with Gasteiger partial charge in [0.15, 0.2) is 0 Å². The van der Waals surface area contributed by atoms with Crippen molar-refractivity contribution in [3.63, 3.8) is 0 Å². The first-order valence-electron chi connectivity index (χ1n) is 4.80. The molecule has 0 aliphatic heterocycles. The molecule has 4 heteroatoms. The van der Waals surface area contributed by atoms with E-state index in [4.69, 9.17) is 5.73 Å². The van der Waals surface area contributed by atoms with Crippen LogP contribution in [0.25, 0.3) is 5.69 Å². The second kappa shape index (κ2) is 4.59. The van der Waals surface area contributed by atoms with Crippen LogP contribution in [0.3, 0.4) is 0 Å². The summed E-state index contributed by atoms with van der Waals surface area (Å²) >= 11 is 3.44. The Morgan fingerprint density at radius 2 is 2.20 bits per heavy atom. The lowest BCUT2D eigenvalue weighted by atomic mass is 10.3. The second-order valence-electron chi connectivity index (χ2n) is 3.27. The summed E-state index contributed by atoms with van der Waals surface area (Å²) in [5.74, 6) is 0. The zero-order valence-electron chi connectivity index (χ0n) is 8.23. The topological polar surface area (TPSA) is 43.8 Å². The molecule has 1 heterocycles. The van der Waals surface area contributed by atoms with Crippen LogP contribution < -0.4 is 5.73 Å². The Bertz CT molecular complexity index is 451. The molecule has 2 rings (SSSR count). The maximum atomic E-state index is 5.48. The first-order valence-corrected chi connectivity index (χ1v) is 5.59. The van der Waals surface area contributed by atoms with Crippen molar-refractivity contribution in [2.45, 2.75) is 6.42 Å². The fourth-order valence-corrected chi connectivity index (χ4v) is 1.79. The number of hydrogen-bond acceptors (Lipinski definition) is 2. The Morgan fingerprint density at radius 3 is 2.93 bits per heavy atom. The lowest BCUT2D eigenvalue weighted by molar-refractivity contribution is 0.821. The van der Waals surface area contributed by atoms with E-state index < -0.39 is 0 Å². The number of rotatable bonds is 3. The molecule has 1 aromatic heterocycles. The highest BCUT2D eigenvalue weighted by Crippen LogP contribution is 2.14. The Labute approximate surface area is 97.0 Å². The van der Waals surface area contributed by atoms with E-state index in [0.29, 0.717) is 6.54 Å². The van der Waals surface area contributed by atoms with Crippen molar-refractivity contribution in [1.29, 1.82) is 0 Å². The Morgan fingerprint density at radius 1 is 1.33 bits per heavy atom. The Kier molecular flexibility index (Phi) is 3.18. The number of nitrogens with zero attached hydrogens (tertiary/aromatic N) is 2. The van der Waals surface area contributed by atoms with E-state index in [9.17, 15) is 0 Å². The van der Waals surface area contributed by atoms with Crippen molar-refractivity contribution in [2.24, 2.45) is 5.73 Å². The first kappa shape index (κ1) is 10.4. The van der Waals surface area contributed by atoms with Gasteiger partial charge in [-0.05, 0) is 30.8 Å². The van der Waals surface area contributed by atoms with E-state index in [-0.39, 0.29) is 0 Å². The average Bonchev–Trinajstić information content (AvgIpc) is 2.67. The van der Waals surface area contributed by atoms with E-state index in [1.54, 1.807) is 0 Å². The van der Waals surface area contributed by atoms with E-state index in [1.807, 2.05) is 41.2 Å². The van der Waals surface area contributed by atoms with Gasteiger partial charge in [0.1, 0.15) is 0 Å². The van der Waals surface area contributed by atoms with Gasteiger partial charge in [-0.25, -0.2) is 4.68 Å². The molecule has 0 aliphatic rings. The van der Waals surface area contributed by atoms with Crippen molar-refractivity contribution in [3.8, 4) is 5.69 Å². The molecule has 0 saturated carbocycles. The van der Waals surface area contributed by atoms with Crippen LogP contribution in [0, 0.1) is 0 Å². The van der Waals surface area contributed by atoms with Gasteiger partial charge in [-0.3, -0.25) is 0 Å². The fourth-order valence-electron chi connectivity index (χ4n) is 1.41. The molecule has 0 atom stereocenters. The van der Waals surface area contributed by atoms with Gasteiger partial charge in [-0.2, -0.15) is 5.10 Å². The van der Waals surface area contributed by atoms with Gasteiger partial charge in [0.25, 0.3) is 0 Å². The number of hydrogen-bond donors (Lipinski definition) is 1. The summed E-state index contributed by atoms with van der Waals surface area (Å²) < 4.78 is 2.91. The predicted molar refractivity (Wildman–Crippen MR) is 64.0 cm³/mol. The minimum Gasteiger partial charge on any atom is -0.330 e. The van der Waals surface area contributed by atoms with Gasteiger partial charge < -0.3 is 5.73 Å². The Balaban J connectivity index is 2.29. The van der Waals surface area contributed by atoms with Crippen LogP contribution in [0.5, 0.6) is 0 Å². The quantitative estimate of drug-likeness (QED) is 0.924. The van der Waals surface area contributed by atoms with Crippen LogP contribution in [0.2, 0.25) is 0 Å². The third-order valence-corrected chi connectivity index (χ3v) is 2.61. The van der Waals surface area contributed by atoms with Gasteiger partial charge in [0, 0.05) is 17.1 Å². The van der Waals surface area contributed by atoms with Crippen molar-refractivity contribution < 1.29 is 0 Å². The minimum absolute atomic E-state index is 0.634. The van der Waals surface area contributed by atoms with Gasteiger partial charge >= 0.3 is 0 Å².